The molecule has 1 heterocycles. The van der Waals surface area contributed by atoms with Crippen LogP contribution in [0, 0.1) is 13.8 Å². The second-order valence-corrected chi connectivity index (χ2v) is 5.98. The van der Waals surface area contributed by atoms with E-state index in [4.69, 9.17) is 4.74 Å². The summed E-state index contributed by atoms with van der Waals surface area (Å²) in [5, 5.41) is 6.11. The van der Waals surface area contributed by atoms with Gasteiger partial charge >= 0.3 is 0 Å². The highest BCUT2D eigenvalue weighted by Crippen LogP contribution is 2.17. The first kappa shape index (κ1) is 20.4. The molecule has 0 aromatic heterocycles. The van der Waals surface area contributed by atoms with E-state index in [0.29, 0.717) is 19.6 Å². The third-order valence-electron chi connectivity index (χ3n) is 4.10. The summed E-state index contributed by atoms with van der Waals surface area (Å²) in [5.74, 6) is -0.258. The zero-order valence-corrected chi connectivity index (χ0v) is 15.2. The molecule has 0 saturated carbocycles. The molecule has 1 aliphatic rings. The number of anilines is 1. The van der Waals surface area contributed by atoms with Gasteiger partial charge in [0, 0.05) is 31.7 Å². The Balaban J connectivity index is 0.00000288. The standard InChI is InChI=1S/C17H25N3O3.ClH/c1-12-5-4-6-15(13(12)2)19-16(21)10-20(3)17(22)9-14-11-23-8-7-18-14;/h4-6,14,18H,7-11H2,1-3H3,(H,19,21);1H. The van der Waals surface area contributed by atoms with E-state index in [2.05, 4.69) is 10.6 Å². The highest BCUT2D eigenvalue weighted by molar-refractivity contribution is 5.95. The maximum atomic E-state index is 12.2. The average Bonchev–Trinajstić information content (AvgIpc) is 2.52. The number of nitrogens with one attached hydrogen (secondary N) is 2. The zero-order valence-electron chi connectivity index (χ0n) is 14.4. The largest absolute Gasteiger partial charge is 0.378 e. The Labute approximate surface area is 149 Å². The van der Waals surface area contributed by atoms with Crippen molar-refractivity contribution in [3.05, 3.63) is 29.3 Å². The molecule has 1 aliphatic heterocycles. The van der Waals surface area contributed by atoms with Crippen LogP contribution in [0.15, 0.2) is 18.2 Å². The topological polar surface area (TPSA) is 70.7 Å². The van der Waals surface area contributed by atoms with Gasteiger partial charge in [0.2, 0.25) is 11.8 Å². The summed E-state index contributed by atoms with van der Waals surface area (Å²) in [5.41, 5.74) is 2.95. The van der Waals surface area contributed by atoms with Crippen molar-refractivity contribution in [3.8, 4) is 0 Å². The summed E-state index contributed by atoms with van der Waals surface area (Å²) in [6.07, 6.45) is 0.341. The molecule has 134 valence electrons. The summed E-state index contributed by atoms with van der Waals surface area (Å²) in [6.45, 7) is 5.98. The van der Waals surface area contributed by atoms with Gasteiger partial charge in [-0.2, -0.15) is 0 Å². The summed E-state index contributed by atoms with van der Waals surface area (Å²) in [4.78, 5) is 25.8. The van der Waals surface area contributed by atoms with Gasteiger partial charge in [-0.1, -0.05) is 12.1 Å². The molecule has 1 fully saturated rings. The van der Waals surface area contributed by atoms with Crippen molar-refractivity contribution in [1.82, 2.24) is 10.2 Å². The van der Waals surface area contributed by atoms with E-state index in [1.54, 1.807) is 7.05 Å². The van der Waals surface area contributed by atoms with E-state index < -0.39 is 0 Å². The molecule has 7 heteroatoms. The lowest BCUT2D eigenvalue weighted by atomic mass is 10.1. The number of amides is 2. The number of nitrogens with zero attached hydrogens (tertiary/aromatic N) is 1. The lowest BCUT2D eigenvalue weighted by molar-refractivity contribution is -0.134. The minimum atomic E-state index is -0.192. The summed E-state index contributed by atoms with van der Waals surface area (Å²) < 4.78 is 5.33. The van der Waals surface area contributed by atoms with E-state index >= 15 is 0 Å². The van der Waals surface area contributed by atoms with Gasteiger partial charge in [0.1, 0.15) is 0 Å². The molecule has 0 spiro atoms. The molecular formula is C17H26ClN3O3. The van der Waals surface area contributed by atoms with Crippen molar-refractivity contribution < 1.29 is 14.3 Å². The van der Waals surface area contributed by atoms with Crippen LogP contribution in [0.5, 0.6) is 0 Å². The van der Waals surface area contributed by atoms with Gasteiger partial charge in [-0.05, 0) is 31.0 Å². The van der Waals surface area contributed by atoms with Crippen molar-refractivity contribution in [3.63, 3.8) is 0 Å². The van der Waals surface area contributed by atoms with Crippen molar-refractivity contribution in [1.29, 1.82) is 0 Å². The Kier molecular flexibility index (Phi) is 8.18. The molecule has 1 unspecified atom stereocenters. The van der Waals surface area contributed by atoms with Crippen LogP contribution in [0.1, 0.15) is 17.5 Å². The predicted molar refractivity (Wildman–Crippen MR) is 96.7 cm³/mol. The minimum Gasteiger partial charge on any atom is -0.378 e. The fraction of sp³-hybridized carbons (Fsp3) is 0.529. The van der Waals surface area contributed by atoms with E-state index in [-0.39, 0.29) is 36.8 Å². The molecule has 24 heavy (non-hydrogen) atoms. The maximum Gasteiger partial charge on any atom is 0.243 e. The van der Waals surface area contributed by atoms with Gasteiger partial charge in [-0.25, -0.2) is 0 Å². The molecule has 2 rings (SSSR count). The Morgan fingerprint density at radius 3 is 2.79 bits per heavy atom. The first-order chi connectivity index (χ1) is 11.0. The van der Waals surface area contributed by atoms with Gasteiger partial charge < -0.3 is 20.3 Å². The summed E-state index contributed by atoms with van der Waals surface area (Å²) in [6, 6.07) is 5.80. The predicted octanol–water partition coefficient (Wildman–Crippen LogP) is 1.50. The number of hydrogen-bond acceptors (Lipinski definition) is 4. The Morgan fingerprint density at radius 1 is 1.38 bits per heavy atom. The quantitative estimate of drug-likeness (QED) is 0.839. The van der Waals surface area contributed by atoms with Crippen molar-refractivity contribution in [2.75, 3.05) is 38.7 Å². The molecule has 1 aromatic rings. The van der Waals surface area contributed by atoms with Gasteiger partial charge in [-0.15, -0.1) is 12.4 Å². The molecule has 1 atom stereocenters. The number of ether oxygens (including phenoxy) is 1. The van der Waals surface area contributed by atoms with Crippen LogP contribution in [0.25, 0.3) is 0 Å². The van der Waals surface area contributed by atoms with Crippen LogP contribution >= 0.6 is 12.4 Å². The van der Waals surface area contributed by atoms with Crippen LogP contribution in [0.3, 0.4) is 0 Å². The number of carbonyl (C=O) groups excluding carboxylic acids is 2. The van der Waals surface area contributed by atoms with Crippen molar-refractivity contribution in [2.45, 2.75) is 26.3 Å². The number of morpholine rings is 1. The van der Waals surface area contributed by atoms with Crippen molar-refractivity contribution in [2.24, 2.45) is 0 Å². The molecule has 0 aliphatic carbocycles. The molecule has 0 bridgehead atoms. The van der Waals surface area contributed by atoms with Gasteiger partial charge in [0.25, 0.3) is 0 Å². The molecule has 6 nitrogen and oxygen atoms in total. The first-order valence-electron chi connectivity index (χ1n) is 7.88. The number of likely N-dealkylation sites (N-methyl/N-ethyl adjacent to an activating group) is 1. The number of halogens is 1. The van der Waals surface area contributed by atoms with Crippen LogP contribution in [0.4, 0.5) is 5.69 Å². The van der Waals surface area contributed by atoms with Gasteiger partial charge in [0.15, 0.2) is 0 Å². The molecule has 1 aromatic carbocycles. The number of hydrogen-bond donors (Lipinski definition) is 2. The zero-order chi connectivity index (χ0) is 16.8. The lowest BCUT2D eigenvalue weighted by Gasteiger charge is -2.25. The van der Waals surface area contributed by atoms with Gasteiger partial charge in [0.05, 0.1) is 19.8 Å². The maximum absolute atomic E-state index is 12.2. The number of rotatable bonds is 5. The molecule has 2 N–H and O–H groups in total. The highest BCUT2D eigenvalue weighted by atomic mass is 35.5. The minimum absolute atomic E-state index is 0. The van der Waals surface area contributed by atoms with Crippen LogP contribution in [0.2, 0.25) is 0 Å². The highest BCUT2D eigenvalue weighted by Gasteiger charge is 2.20. The summed E-state index contributed by atoms with van der Waals surface area (Å²) in [7, 11) is 1.65. The Morgan fingerprint density at radius 2 is 2.12 bits per heavy atom. The number of carbonyl (C=O) groups is 2. The van der Waals surface area contributed by atoms with E-state index in [0.717, 1.165) is 23.4 Å². The smallest absolute Gasteiger partial charge is 0.243 e. The monoisotopic (exact) mass is 355 g/mol. The molecule has 0 radical (unpaired) electrons. The van der Waals surface area contributed by atoms with E-state index in [1.165, 1.54) is 4.90 Å². The second-order valence-electron chi connectivity index (χ2n) is 5.98. The van der Waals surface area contributed by atoms with Crippen LogP contribution in [-0.2, 0) is 14.3 Å². The Hall–Kier alpha value is -1.63. The third kappa shape index (κ3) is 5.78. The fourth-order valence-corrected chi connectivity index (χ4v) is 2.50. The molecular weight excluding hydrogens is 330 g/mol. The third-order valence-corrected chi connectivity index (χ3v) is 4.10. The number of aryl methyl sites for hydroxylation is 1. The SMILES string of the molecule is Cc1cccc(NC(=O)CN(C)C(=O)CC2COCCN2)c1C.Cl. The summed E-state index contributed by atoms with van der Waals surface area (Å²) >= 11 is 0. The normalized spacial score (nSPS) is 16.9. The molecule has 1 saturated heterocycles. The van der Waals surface area contributed by atoms with Crippen LogP contribution in [-0.4, -0.2) is 56.1 Å². The van der Waals surface area contributed by atoms with Crippen LogP contribution < -0.4 is 10.6 Å². The van der Waals surface area contributed by atoms with E-state index in [1.807, 2.05) is 32.0 Å². The van der Waals surface area contributed by atoms with E-state index in [9.17, 15) is 9.59 Å². The Bertz CT molecular complexity index is 574. The molecule has 2 amide bonds. The van der Waals surface area contributed by atoms with Crippen molar-refractivity contribution >= 4 is 29.9 Å². The second kappa shape index (κ2) is 9.61. The first-order valence-corrected chi connectivity index (χ1v) is 7.88. The lowest BCUT2D eigenvalue weighted by Crippen LogP contribution is -2.45. The fourth-order valence-electron chi connectivity index (χ4n) is 2.50. The number of benzene rings is 1. The van der Waals surface area contributed by atoms with Gasteiger partial charge in [-0.3, -0.25) is 9.59 Å². The average molecular weight is 356 g/mol.